The first-order valence-corrected chi connectivity index (χ1v) is 4.20. The molecule has 0 heterocycles. The van der Waals surface area contributed by atoms with Gasteiger partial charge in [0.2, 0.25) is 0 Å². The molecular weight excluding hydrogens is 208 g/mol. The Morgan fingerprint density at radius 1 is 1.50 bits per heavy atom. The summed E-state index contributed by atoms with van der Waals surface area (Å²) in [6.07, 6.45) is -1.47. The van der Waals surface area contributed by atoms with Gasteiger partial charge in [-0.1, -0.05) is 11.6 Å². The third-order valence-electron chi connectivity index (χ3n) is 1.82. The number of ether oxygens (including phenoxy) is 1. The molecule has 0 bridgehead atoms. The normalized spacial score (nSPS) is 9.93. The first-order valence-electron chi connectivity index (χ1n) is 3.83. The molecule has 1 aromatic rings. The summed E-state index contributed by atoms with van der Waals surface area (Å²) in [7, 11) is 0. The zero-order valence-corrected chi connectivity index (χ0v) is 8.42. The summed E-state index contributed by atoms with van der Waals surface area (Å²) in [4.78, 5) is 10.3. The molecule has 0 aliphatic carbocycles. The molecule has 0 atom stereocenters. The van der Waals surface area contributed by atoms with Crippen LogP contribution < -0.4 is 4.74 Å². The third kappa shape index (κ3) is 1.90. The van der Waals surface area contributed by atoms with Gasteiger partial charge in [0.25, 0.3) is 0 Å². The molecule has 0 saturated heterocycles. The Hall–Kier alpha value is -1.42. The number of hydrogen-bond donors (Lipinski definition) is 2. The molecule has 0 radical (unpaired) electrons. The molecule has 0 spiro atoms. The van der Waals surface area contributed by atoms with Gasteiger partial charge in [0.05, 0.1) is 0 Å². The van der Waals surface area contributed by atoms with E-state index < -0.39 is 6.16 Å². The van der Waals surface area contributed by atoms with Crippen molar-refractivity contribution in [2.75, 3.05) is 0 Å². The van der Waals surface area contributed by atoms with E-state index in [9.17, 15) is 9.90 Å². The molecule has 2 N–H and O–H groups in total. The maximum atomic E-state index is 10.3. The van der Waals surface area contributed by atoms with E-state index in [0.29, 0.717) is 16.1 Å². The van der Waals surface area contributed by atoms with Gasteiger partial charge < -0.3 is 14.9 Å². The maximum Gasteiger partial charge on any atom is 0.511 e. The zero-order valence-electron chi connectivity index (χ0n) is 7.67. The summed E-state index contributed by atoms with van der Waals surface area (Å²) in [6, 6.07) is 1.54. The second-order valence-corrected chi connectivity index (χ2v) is 3.25. The number of carbonyl (C=O) groups is 1. The van der Waals surface area contributed by atoms with Gasteiger partial charge in [-0.2, -0.15) is 0 Å². The van der Waals surface area contributed by atoms with Crippen LogP contribution in [0.2, 0.25) is 5.02 Å². The maximum absolute atomic E-state index is 10.3. The quantitative estimate of drug-likeness (QED) is 0.560. The van der Waals surface area contributed by atoms with E-state index in [1.54, 1.807) is 13.8 Å². The molecule has 76 valence electrons. The van der Waals surface area contributed by atoms with Crippen molar-refractivity contribution in [2.24, 2.45) is 0 Å². The Labute approximate surface area is 85.7 Å². The van der Waals surface area contributed by atoms with Crippen molar-refractivity contribution in [3.63, 3.8) is 0 Å². The van der Waals surface area contributed by atoms with Crippen LogP contribution in [0.3, 0.4) is 0 Å². The van der Waals surface area contributed by atoms with E-state index >= 15 is 0 Å². The molecule has 14 heavy (non-hydrogen) atoms. The molecule has 0 unspecified atom stereocenters. The number of hydrogen-bond acceptors (Lipinski definition) is 3. The molecule has 5 heteroatoms. The number of carboxylic acid groups (broad SMARTS) is 1. The molecule has 0 aromatic heterocycles. The lowest BCUT2D eigenvalue weighted by Gasteiger charge is -2.10. The minimum absolute atomic E-state index is 0.0700. The number of phenols is 1. The summed E-state index contributed by atoms with van der Waals surface area (Å²) in [5.74, 6) is -0.309. The van der Waals surface area contributed by atoms with Crippen LogP contribution in [-0.4, -0.2) is 16.4 Å². The smallest absolute Gasteiger partial charge is 0.504 e. The number of halogens is 1. The van der Waals surface area contributed by atoms with Crippen molar-refractivity contribution >= 4 is 17.8 Å². The van der Waals surface area contributed by atoms with E-state index in [2.05, 4.69) is 4.74 Å². The lowest BCUT2D eigenvalue weighted by molar-refractivity contribution is 0.142. The molecule has 0 aliphatic heterocycles. The predicted octanol–water partition coefficient (Wildman–Crippen LogP) is 2.72. The minimum Gasteiger partial charge on any atom is -0.504 e. The SMILES string of the molecule is Cc1cc(Cl)c(C)c(O)c1OC(=O)O. The van der Waals surface area contributed by atoms with E-state index in [1.807, 2.05) is 0 Å². The fraction of sp³-hybridized carbons (Fsp3) is 0.222. The average molecular weight is 217 g/mol. The van der Waals surface area contributed by atoms with Crippen LogP contribution in [0.25, 0.3) is 0 Å². The highest BCUT2D eigenvalue weighted by Gasteiger charge is 2.15. The Balaban J connectivity index is 3.29. The van der Waals surface area contributed by atoms with Crippen LogP contribution in [0, 0.1) is 13.8 Å². The first-order chi connectivity index (χ1) is 6.43. The van der Waals surface area contributed by atoms with Crippen LogP contribution in [0.4, 0.5) is 4.79 Å². The average Bonchev–Trinajstić information content (AvgIpc) is 2.09. The van der Waals surface area contributed by atoms with Gasteiger partial charge >= 0.3 is 6.16 Å². The second kappa shape index (κ2) is 3.75. The Kier molecular flexibility index (Phi) is 2.86. The Bertz CT molecular complexity index is 387. The van der Waals surface area contributed by atoms with Crippen LogP contribution in [-0.2, 0) is 0 Å². The summed E-state index contributed by atoms with van der Waals surface area (Å²) in [5, 5.41) is 18.3. The lowest BCUT2D eigenvalue weighted by Crippen LogP contribution is -2.05. The van der Waals surface area contributed by atoms with Crippen LogP contribution in [0.5, 0.6) is 11.5 Å². The van der Waals surface area contributed by atoms with Crippen molar-refractivity contribution in [3.05, 3.63) is 22.2 Å². The topological polar surface area (TPSA) is 66.8 Å². The number of phenolic OH excluding ortho intramolecular Hbond substituents is 1. The molecule has 0 fully saturated rings. The van der Waals surface area contributed by atoms with Gasteiger partial charge in [-0.15, -0.1) is 0 Å². The zero-order chi connectivity index (χ0) is 10.9. The van der Waals surface area contributed by atoms with E-state index in [4.69, 9.17) is 16.7 Å². The number of rotatable bonds is 1. The van der Waals surface area contributed by atoms with Crippen molar-refractivity contribution in [1.82, 2.24) is 0 Å². The highest BCUT2D eigenvalue weighted by atomic mass is 35.5. The fourth-order valence-corrected chi connectivity index (χ4v) is 1.30. The van der Waals surface area contributed by atoms with Gasteiger partial charge in [0.15, 0.2) is 11.5 Å². The summed E-state index contributed by atoms with van der Waals surface area (Å²) < 4.78 is 4.42. The molecule has 0 saturated carbocycles. The molecule has 0 amide bonds. The predicted molar refractivity (Wildman–Crippen MR) is 51.2 cm³/mol. The summed E-state index contributed by atoms with van der Waals surface area (Å²) in [5.41, 5.74) is 0.869. The molecule has 1 rings (SSSR count). The number of aryl methyl sites for hydroxylation is 1. The molecular formula is C9H9ClO4. The van der Waals surface area contributed by atoms with E-state index in [-0.39, 0.29) is 11.5 Å². The standard InChI is InChI=1S/C9H9ClO4/c1-4-3-6(10)5(2)7(11)8(4)14-9(12)13/h3,11H,1-2H3,(H,12,13). The fourth-order valence-electron chi connectivity index (χ4n) is 1.05. The monoisotopic (exact) mass is 216 g/mol. The van der Waals surface area contributed by atoms with Gasteiger partial charge in [0.1, 0.15) is 0 Å². The van der Waals surface area contributed by atoms with Crippen LogP contribution >= 0.6 is 11.6 Å². The van der Waals surface area contributed by atoms with Crippen LogP contribution in [0.1, 0.15) is 11.1 Å². The summed E-state index contributed by atoms with van der Waals surface area (Å²) in [6.45, 7) is 3.18. The van der Waals surface area contributed by atoms with Crippen molar-refractivity contribution < 1.29 is 19.7 Å². The molecule has 4 nitrogen and oxygen atoms in total. The lowest BCUT2D eigenvalue weighted by atomic mass is 10.1. The third-order valence-corrected chi connectivity index (χ3v) is 2.21. The number of benzene rings is 1. The number of aromatic hydroxyl groups is 1. The highest BCUT2D eigenvalue weighted by Crippen LogP contribution is 2.37. The largest absolute Gasteiger partial charge is 0.511 e. The molecule has 0 aliphatic rings. The van der Waals surface area contributed by atoms with E-state index in [1.165, 1.54) is 6.07 Å². The molecule has 1 aromatic carbocycles. The second-order valence-electron chi connectivity index (χ2n) is 2.85. The van der Waals surface area contributed by atoms with Crippen LogP contribution in [0.15, 0.2) is 6.07 Å². The minimum atomic E-state index is -1.47. The van der Waals surface area contributed by atoms with E-state index in [0.717, 1.165) is 0 Å². The van der Waals surface area contributed by atoms with Crippen molar-refractivity contribution in [1.29, 1.82) is 0 Å². The van der Waals surface area contributed by atoms with Gasteiger partial charge in [-0.3, -0.25) is 0 Å². The Morgan fingerprint density at radius 2 is 2.07 bits per heavy atom. The van der Waals surface area contributed by atoms with Gasteiger partial charge in [0, 0.05) is 10.6 Å². The summed E-state index contributed by atoms with van der Waals surface area (Å²) >= 11 is 5.76. The highest BCUT2D eigenvalue weighted by molar-refractivity contribution is 6.31. The first kappa shape index (κ1) is 10.7. The Morgan fingerprint density at radius 3 is 2.57 bits per heavy atom. The van der Waals surface area contributed by atoms with Crippen molar-refractivity contribution in [2.45, 2.75) is 13.8 Å². The van der Waals surface area contributed by atoms with Crippen molar-refractivity contribution in [3.8, 4) is 11.5 Å². The van der Waals surface area contributed by atoms with Gasteiger partial charge in [-0.25, -0.2) is 4.79 Å². The van der Waals surface area contributed by atoms with Gasteiger partial charge in [-0.05, 0) is 25.5 Å².